The predicted octanol–water partition coefficient (Wildman–Crippen LogP) is 2.95. The van der Waals surface area contributed by atoms with E-state index in [1.165, 1.54) is 32.1 Å². The molecule has 1 aliphatic carbocycles. The summed E-state index contributed by atoms with van der Waals surface area (Å²) in [5, 5.41) is 9.37. The lowest BCUT2D eigenvalue weighted by Gasteiger charge is -2.33. The summed E-state index contributed by atoms with van der Waals surface area (Å²) in [7, 11) is 1.82. The fraction of sp³-hybridized carbons (Fsp3) is 0.875. The molecule has 5 nitrogen and oxygen atoms in total. The van der Waals surface area contributed by atoms with Crippen LogP contribution in [-0.4, -0.2) is 53.1 Å². The fourth-order valence-corrected chi connectivity index (χ4v) is 3.65. The average molecular weight is 296 g/mol. The number of likely N-dealkylation sites (tertiary alicyclic amines) is 1. The second-order valence-electron chi connectivity index (χ2n) is 6.56. The maximum absolute atomic E-state index is 12.6. The molecular formula is C16H28N2O3. The number of urea groups is 1. The number of carboxylic acids is 1. The lowest BCUT2D eigenvalue weighted by molar-refractivity contribution is -0.142. The van der Waals surface area contributed by atoms with Gasteiger partial charge in [-0.2, -0.15) is 0 Å². The third-order valence-corrected chi connectivity index (χ3v) is 4.87. The molecule has 21 heavy (non-hydrogen) atoms. The highest BCUT2D eigenvalue weighted by Gasteiger charge is 2.32. The average Bonchev–Trinajstić information content (AvgIpc) is 2.73. The van der Waals surface area contributed by atoms with Crippen molar-refractivity contribution in [3.63, 3.8) is 0 Å². The number of rotatable bonds is 3. The number of amides is 2. The zero-order valence-corrected chi connectivity index (χ0v) is 13.1. The number of hydrogen-bond donors (Lipinski definition) is 1. The normalized spacial score (nSPS) is 24.4. The molecule has 1 saturated heterocycles. The van der Waals surface area contributed by atoms with E-state index < -0.39 is 12.0 Å². The van der Waals surface area contributed by atoms with Gasteiger partial charge in [0.25, 0.3) is 0 Å². The van der Waals surface area contributed by atoms with Gasteiger partial charge in [-0.25, -0.2) is 9.59 Å². The fourth-order valence-electron chi connectivity index (χ4n) is 3.65. The Balaban J connectivity index is 1.96. The van der Waals surface area contributed by atoms with E-state index in [1.807, 2.05) is 7.05 Å². The molecule has 0 bridgehead atoms. The number of hydrogen-bond acceptors (Lipinski definition) is 2. The highest BCUT2D eigenvalue weighted by molar-refractivity contribution is 5.82. The van der Waals surface area contributed by atoms with E-state index in [-0.39, 0.29) is 6.03 Å². The van der Waals surface area contributed by atoms with Crippen molar-refractivity contribution < 1.29 is 14.7 Å². The number of aliphatic carboxylic acids is 1. The molecule has 120 valence electrons. The van der Waals surface area contributed by atoms with Gasteiger partial charge < -0.3 is 14.9 Å². The summed E-state index contributed by atoms with van der Waals surface area (Å²) in [6, 6.07) is -0.747. The molecule has 5 heteroatoms. The first-order valence-corrected chi connectivity index (χ1v) is 8.34. The molecule has 1 unspecified atom stereocenters. The standard InChI is InChI=1S/C16H28N2O3/c1-17(12-13-8-4-2-5-9-13)16(21)18-11-7-3-6-10-14(18)15(19)20/h13-14H,2-12H2,1H3,(H,19,20). The molecule has 0 radical (unpaired) electrons. The summed E-state index contributed by atoms with van der Waals surface area (Å²) in [5.74, 6) is -0.278. The van der Waals surface area contributed by atoms with Crippen LogP contribution in [0.3, 0.4) is 0 Å². The molecule has 1 atom stereocenters. The van der Waals surface area contributed by atoms with E-state index in [2.05, 4.69) is 0 Å². The molecular weight excluding hydrogens is 268 g/mol. The van der Waals surface area contributed by atoms with Crippen molar-refractivity contribution in [3.8, 4) is 0 Å². The molecule has 1 heterocycles. The third kappa shape index (κ3) is 4.35. The van der Waals surface area contributed by atoms with Gasteiger partial charge in [0.15, 0.2) is 0 Å². The van der Waals surface area contributed by atoms with Crippen LogP contribution in [-0.2, 0) is 4.79 Å². The Morgan fingerprint density at radius 1 is 1.05 bits per heavy atom. The Labute approximate surface area is 127 Å². The van der Waals surface area contributed by atoms with Gasteiger partial charge in [0, 0.05) is 20.1 Å². The summed E-state index contributed by atoms with van der Waals surface area (Å²) in [6.45, 7) is 1.34. The topological polar surface area (TPSA) is 60.9 Å². The van der Waals surface area contributed by atoms with Gasteiger partial charge in [-0.15, -0.1) is 0 Å². The Morgan fingerprint density at radius 3 is 2.33 bits per heavy atom. The largest absolute Gasteiger partial charge is 0.480 e. The van der Waals surface area contributed by atoms with Crippen LogP contribution in [0.2, 0.25) is 0 Å². The van der Waals surface area contributed by atoms with Gasteiger partial charge in [-0.1, -0.05) is 32.1 Å². The quantitative estimate of drug-likeness (QED) is 0.871. The first-order chi connectivity index (χ1) is 10.1. The summed E-state index contributed by atoms with van der Waals surface area (Å²) < 4.78 is 0. The van der Waals surface area contributed by atoms with Crippen LogP contribution in [0, 0.1) is 5.92 Å². The van der Waals surface area contributed by atoms with Crippen molar-refractivity contribution in [1.82, 2.24) is 9.80 Å². The van der Waals surface area contributed by atoms with E-state index in [0.29, 0.717) is 18.9 Å². The molecule has 2 aliphatic rings. The SMILES string of the molecule is CN(CC1CCCCC1)C(=O)N1CCCCCC1C(=O)O. The monoisotopic (exact) mass is 296 g/mol. The number of carbonyl (C=O) groups excluding carboxylic acids is 1. The Kier molecular flexibility index (Phi) is 5.88. The third-order valence-electron chi connectivity index (χ3n) is 4.87. The van der Waals surface area contributed by atoms with E-state index >= 15 is 0 Å². The molecule has 0 aromatic rings. The second kappa shape index (κ2) is 7.66. The molecule has 0 spiro atoms. The minimum absolute atomic E-state index is 0.102. The first kappa shape index (κ1) is 16.1. The van der Waals surface area contributed by atoms with Gasteiger partial charge in [-0.3, -0.25) is 0 Å². The molecule has 1 N–H and O–H groups in total. The van der Waals surface area contributed by atoms with Crippen LogP contribution in [0.25, 0.3) is 0 Å². The Morgan fingerprint density at radius 2 is 1.67 bits per heavy atom. The van der Waals surface area contributed by atoms with Crippen molar-refractivity contribution in [2.24, 2.45) is 5.92 Å². The minimum atomic E-state index is -0.865. The van der Waals surface area contributed by atoms with Gasteiger partial charge in [0.05, 0.1) is 0 Å². The predicted molar refractivity (Wildman–Crippen MR) is 81.2 cm³/mol. The smallest absolute Gasteiger partial charge is 0.326 e. The Bertz CT molecular complexity index is 367. The van der Waals surface area contributed by atoms with Crippen molar-refractivity contribution in [1.29, 1.82) is 0 Å². The maximum Gasteiger partial charge on any atom is 0.326 e. The van der Waals surface area contributed by atoms with Crippen LogP contribution in [0.15, 0.2) is 0 Å². The lowest BCUT2D eigenvalue weighted by atomic mass is 9.89. The molecule has 2 rings (SSSR count). The van der Waals surface area contributed by atoms with Crippen LogP contribution < -0.4 is 0 Å². The van der Waals surface area contributed by atoms with Crippen LogP contribution in [0.1, 0.15) is 57.8 Å². The van der Waals surface area contributed by atoms with E-state index in [0.717, 1.165) is 25.8 Å². The van der Waals surface area contributed by atoms with Crippen molar-refractivity contribution in [2.75, 3.05) is 20.1 Å². The van der Waals surface area contributed by atoms with Crippen LogP contribution in [0.5, 0.6) is 0 Å². The van der Waals surface area contributed by atoms with E-state index in [1.54, 1.807) is 9.80 Å². The first-order valence-electron chi connectivity index (χ1n) is 8.34. The zero-order valence-electron chi connectivity index (χ0n) is 13.1. The lowest BCUT2D eigenvalue weighted by Crippen LogP contribution is -2.50. The summed E-state index contributed by atoms with van der Waals surface area (Å²) in [4.78, 5) is 27.4. The second-order valence-corrected chi connectivity index (χ2v) is 6.56. The van der Waals surface area contributed by atoms with E-state index in [4.69, 9.17) is 0 Å². The van der Waals surface area contributed by atoms with Crippen molar-refractivity contribution in [2.45, 2.75) is 63.8 Å². The van der Waals surface area contributed by atoms with Gasteiger partial charge in [0.2, 0.25) is 0 Å². The van der Waals surface area contributed by atoms with Crippen molar-refractivity contribution in [3.05, 3.63) is 0 Å². The molecule has 0 aromatic carbocycles. The minimum Gasteiger partial charge on any atom is -0.480 e. The molecule has 0 aromatic heterocycles. The molecule has 1 saturated carbocycles. The summed E-state index contributed by atoms with van der Waals surface area (Å²) in [6.07, 6.45) is 9.61. The number of carboxylic acid groups (broad SMARTS) is 1. The van der Waals surface area contributed by atoms with Gasteiger partial charge in [0.1, 0.15) is 6.04 Å². The van der Waals surface area contributed by atoms with Gasteiger partial charge in [-0.05, 0) is 31.6 Å². The Hall–Kier alpha value is -1.26. The van der Waals surface area contributed by atoms with Crippen molar-refractivity contribution >= 4 is 12.0 Å². The molecule has 2 amide bonds. The molecule has 1 aliphatic heterocycles. The highest BCUT2D eigenvalue weighted by atomic mass is 16.4. The highest BCUT2D eigenvalue weighted by Crippen LogP contribution is 2.25. The zero-order chi connectivity index (χ0) is 15.2. The van der Waals surface area contributed by atoms with E-state index in [9.17, 15) is 14.7 Å². The van der Waals surface area contributed by atoms with Crippen LogP contribution >= 0.6 is 0 Å². The molecule has 2 fully saturated rings. The summed E-state index contributed by atoms with van der Waals surface area (Å²) >= 11 is 0. The number of nitrogens with zero attached hydrogens (tertiary/aromatic N) is 2. The summed E-state index contributed by atoms with van der Waals surface area (Å²) in [5.41, 5.74) is 0. The van der Waals surface area contributed by atoms with Crippen LogP contribution in [0.4, 0.5) is 4.79 Å². The van der Waals surface area contributed by atoms with Gasteiger partial charge >= 0.3 is 12.0 Å². The maximum atomic E-state index is 12.6. The number of carbonyl (C=O) groups is 2.